The lowest BCUT2D eigenvalue weighted by Gasteiger charge is -2.09. The van der Waals surface area contributed by atoms with Crippen molar-refractivity contribution in [3.8, 4) is 73.2 Å². The summed E-state index contributed by atoms with van der Waals surface area (Å²) in [6, 6.07) is 84.5. The number of rotatable bonds is 7. The molecule has 16 rings (SSSR count). The summed E-state index contributed by atoms with van der Waals surface area (Å²) in [5.74, 6) is 1.65. The highest BCUT2D eigenvalue weighted by atomic mass is 16.3. The summed E-state index contributed by atoms with van der Waals surface area (Å²) in [5.41, 5.74) is 17.3. The van der Waals surface area contributed by atoms with Gasteiger partial charge in [-0.15, -0.1) is 0 Å². The summed E-state index contributed by atoms with van der Waals surface area (Å²) in [5, 5.41) is 8.50. The first kappa shape index (κ1) is 42.2. The fourth-order valence-corrected chi connectivity index (χ4v) is 11.6. The van der Waals surface area contributed by atoms with Crippen LogP contribution in [0.5, 0.6) is 0 Å². The third kappa shape index (κ3) is 6.59. The molecule has 0 atom stereocenters. The van der Waals surface area contributed by atoms with E-state index in [2.05, 4.69) is 193 Å². The van der Waals surface area contributed by atoms with Crippen LogP contribution in [-0.2, 0) is 0 Å². The minimum atomic E-state index is 0.539. The molecular formula is C69H40N4O3. The number of aromatic nitrogens is 4. The van der Waals surface area contributed by atoms with Crippen molar-refractivity contribution in [2.45, 2.75) is 0 Å². The molecule has 0 radical (unpaired) electrons. The molecule has 354 valence electrons. The number of hydrogen-bond donors (Lipinski definition) is 0. The molecular weight excluding hydrogens is 933 g/mol. The zero-order valence-corrected chi connectivity index (χ0v) is 40.6. The maximum Gasteiger partial charge on any atom is 0.164 e. The van der Waals surface area contributed by atoms with Crippen LogP contribution in [0.4, 0.5) is 0 Å². The molecule has 0 fully saturated rings. The van der Waals surface area contributed by atoms with Crippen LogP contribution in [0.15, 0.2) is 256 Å². The first-order chi connectivity index (χ1) is 37.6. The molecule has 7 heteroatoms. The van der Waals surface area contributed by atoms with Gasteiger partial charge in [0.25, 0.3) is 0 Å². The second-order valence-electron chi connectivity index (χ2n) is 19.4. The Morgan fingerprint density at radius 3 is 1.57 bits per heavy atom. The van der Waals surface area contributed by atoms with E-state index in [1.807, 2.05) is 54.6 Å². The number of fused-ring (bicyclic) bond motifs is 12. The predicted octanol–water partition coefficient (Wildman–Crippen LogP) is 18.7. The zero-order chi connectivity index (χ0) is 49.8. The maximum atomic E-state index is 6.69. The number of hydrogen-bond acceptors (Lipinski definition) is 6. The second kappa shape index (κ2) is 16.6. The molecule has 0 saturated carbocycles. The van der Waals surface area contributed by atoms with Crippen molar-refractivity contribution in [1.29, 1.82) is 0 Å². The van der Waals surface area contributed by atoms with Crippen LogP contribution in [0, 0.1) is 0 Å². The summed E-state index contributed by atoms with van der Waals surface area (Å²) in [4.78, 5) is 15.6. The average molecular weight is 973 g/mol. The van der Waals surface area contributed by atoms with E-state index in [4.69, 9.17) is 28.2 Å². The van der Waals surface area contributed by atoms with E-state index in [0.29, 0.717) is 17.5 Å². The zero-order valence-electron chi connectivity index (χ0n) is 40.6. The van der Waals surface area contributed by atoms with E-state index in [9.17, 15) is 0 Å². The first-order valence-corrected chi connectivity index (χ1v) is 25.5. The van der Waals surface area contributed by atoms with Gasteiger partial charge in [-0.05, 0) is 107 Å². The molecule has 0 aliphatic rings. The van der Waals surface area contributed by atoms with Gasteiger partial charge >= 0.3 is 0 Å². The van der Waals surface area contributed by atoms with Crippen molar-refractivity contribution in [1.82, 2.24) is 19.5 Å². The molecule has 0 spiro atoms. The minimum absolute atomic E-state index is 0.539. The lowest BCUT2D eigenvalue weighted by atomic mass is 9.95. The number of para-hydroxylation sites is 3. The largest absolute Gasteiger partial charge is 0.456 e. The summed E-state index contributed by atoms with van der Waals surface area (Å²) >= 11 is 0. The van der Waals surface area contributed by atoms with Crippen molar-refractivity contribution >= 4 is 87.6 Å². The second-order valence-corrected chi connectivity index (χ2v) is 19.4. The Labute approximate surface area is 434 Å². The van der Waals surface area contributed by atoms with Gasteiger partial charge in [-0.2, -0.15) is 0 Å². The van der Waals surface area contributed by atoms with Crippen LogP contribution in [0.1, 0.15) is 0 Å². The van der Waals surface area contributed by atoms with Crippen molar-refractivity contribution in [3.05, 3.63) is 243 Å². The van der Waals surface area contributed by atoms with Crippen LogP contribution in [0.2, 0.25) is 0 Å². The number of benzene rings is 11. The molecule has 5 heterocycles. The molecule has 11 aromatic carbocycles. The van der Waals surface area contributed by atoms with Gasteiger partial charge < -0.3 is 17.8 Å². The van der Waals surface area contributed by atoms with E-state index in [-0.39, 0.29) is 0 Å². The third-order valence-electron chi connectivity index (χ3n) is 15.1. The summed E-state index contributed by atoms with van der Waals surface area (Å²) in [6.45, 7) is 0. The smallest absolute Gasteiger partial charge is 0.164 e. The Bertz CT molecular complexity index is 4990. The van der Waals surface area contributed by atoms with Gasteiger partial charge in [0.15, 0.2) is 17.5 Å². The molecule has 16 aromatic rings. The van der Waals surface area contributed by atoms with Gasteiger partial charge in [-0.3, -0.25) is 0 Å². The van der Waals surface area contributed by atoms with Crippen molar-refractivity contribution in [3.63, 3.8) is 0 Å². The highest BCUT2D eigenvalue weighted by Gasteiger charge is 2.22. The standard InChI is InChI=1S/C69H40N4O3/c1-4-15-41(16-5-1)49-23-12-24-52-51-33-29-46(40-63(51)76-66(49)52)68-70-67(42-17-6-2-7-18-42)71-69(72-68)53-25-14-28-62-65(53)56-39-45(32-36-60(56)75-62)48-22-13-27-61-64(48)55-38-44(31-35-59(55)74-61)43-30-34-58-54(37-43)50-21-10-11-26-57(50)73(58)47-19-8-3-9-20-47/h1-40H. The van der Waals surface area contributed by atoms with Gasteiger partial charge in [0, 0.05) is 71.0 Å². The fraction of sp³-hybridized carbons (Fsp3) is 0. The van der Waals surface area contributed by atoms with Crippen LogP contribution < -0.4 is 0 Å². The number of furan rings is 3. The molecule has 0 aliphatic heterocycles. The van der Waals surface area contributed by atoms with Crippen molar-refractivity contribution in [2.24, 2.45) is 0 Å². The lowest BCUT2D eigenvalue weighted by molar-refractivity contribution is 0.669. The molecule has 7 nitrogen and oxygen atoms in total. The van der Waals surface area contributed by atoms with E-state index < -0.39 is 0 Å². The molecule has 0 N–H and O–H groups in total. The van der Waals surface area contributed by atoms with Gasteiger partial charge in [0.1, 0.15) is 33.5 Å². The van der Waals surface area contributed by atoms with E-state index in [1.54, 1.807) is 0 Å². The van der Waals surface area contributed by atoms with Gasteiger partial charge in [-0.1, -0.05) is 164 Å². The molecule has 0 aliphatic carbocycles. The maximum absolute atomic E-state index is 6.69. The molecule has 5 aromatic heterocycles. The molecule has 0 unspecified atom stereocenters. The molecule has 0 amide bonds. The normalized spacial score (nSPS) is 11.9. The summed E-state index contributed by atoms with van der Waals surface area (Å²) in [7, 11) is 0. The quantitative estimate of drug-likeness (QED) is 0.158. The van der Waals surface area contributed by atoms with Crippen LogP contribution >= 0.6 is 0 Å². The van der Waals surface area contributed by atoms with Crippen LogP contribution in [0.25, 0.3) is 161 Å². The van der Waals surface area contributed by atoms with Gasteiger partial charge in [-0.25, -0.2) is 15.0 Å². The Kier molecular flexibility index (Phi) is 9.20. The van der Waals surface area contributed by atoms with E-state index in [0.717, 1.165) is 122 Å². The topological polar surface area (TPSA) is 83.0 Å². The molecule has 76 heavy (non-hydrogen) atoms. The van der Waals surface area contributed by atoms with E-state index in [1.165, 1.54) is 21.8 Å². The first-order valence-electron chi connectivity index (χ1n) is 25.5. The van der Waals surface area contributed by atoms with Crippen molar-refractivity contribution < 1.29 is 13.3 Å². The molecule has 0 saturated heterocycles. The number of nitrogens with zero attached hydrogens (tertiary/aromatic N) is 4. The minimum Gasteiger partial charge on any atom is -0.456 e. The highest BCUT2D eigenvalue weighted by molar-refractivity contribution is 6.17. The average Bonchev–Trinajstić information content (AvgIpc) is 4.31. The van der Waals surface area contributed by atoms with Crippen LogP contribution in [0.3, 0.4) is 0 Å². The summed E-state index contributed by atoms with van der Waals surface area (Å²) in [6.07, 6.45) is 0. The monoisotopic (exact) mass is 972 g/mol. The fourth-order valence-electron chi connectivity index (χ4n) is 11.6. The van der Waals surface area contributed by atoms with E-state index >= 15 is 0 Å². The van der Waals surface area contributed by atoms with Crippen molar-refractivity contribution in [2.75, 3.05) is 0 Å². The SMILES string of the molecule is c1ccc(-c2nc(-c3ccc4c(c3)oc3c(-c5ccccc5)cccc34)nc(-c3cccc4oc5ccc(-c6cccc7oc8ccc(-c9ccc%10c(c9)c9ccccc9n%10-c9ccccc9)cc8c67)cc5c34)n2)cc1. The Hall–Kier alpha value is -10.4. The Balaban J connectivity index is 0.830. The van der Waals surface area contributed by atoms with Gasteiger partial charge in [0.05, 0.1) is 11.0 Å². The highest BCUT2D eigenvalue weighted by Crippen LogP contribution is 2.44. The summed E-state index contributed by atoms with van der Waals surface area (Å²) < 4.78 is 22.3. The van der Waals surface area contributed by atoms with Crippen LogP contribution in [-0.4, -0.2) is 19.5 Å². The Morgan fingerprint density at radius 2 is 0.803 bits per heavy atom. The predicted molar refractivity (Wildman–Crippen MR) is 309 cm³/mol. The van der Waals surface area contributed by atoms with Gasteiger partial charge in [0.2, 0.25) is 0 Å². The Morgan fingerprint density at radius 1 is 0.263 bits per heavy atom. The third-order valence-corrected chi connectivity index (χ3v) is 15.1. The molecule has 0 bridgehead atoms. The lowest BCUT2D eigenvalue weighted by Crippen LogP contribution is -2.00.